The van der Waals surface area contributed by atoms with E-state index in [0.717, 1.165) is 16.9 Å². The molecule has 0 saturated heterocycles. The molecule has 8 nitrogen and oxygen atoms in total. The van der Waals surface area contributed by atoms with Gasteiger partial charge in [0.15, 0.2) is 5.78 Å². The third-order valence-electron chi connectivity index (χ3n) is 6.44. The van der Waals surface area contributed by atoms with Gasteiger partial charge in [0.25, 0.3) is 5.69 Å². The summed E-state index contributed by atoms with van der Waals surface area (Å²) in [6, 6.07) is 16.0. The molecule has 2 aromatic rings. The molecule has 174 valence electrons. The molecule has 0 spiro atoms. The van der Waals surface area contributed by atoms with Gasteiger partial charge in [-0.3, -0.25) is 19.8 Å². The predicted molar refractivity (Wildman–Crippen MR) is 131 cm³/mol. The molecule has 2 aromatic carbocycles. The van der Waals surface area contributed by atoms with E-state index in [2.05, 4.69) is 6.07 Å². The van der Waals surface area contributed by atoms with Crippen molar-refractivity contribution < 1.29 is 9.72 Å². The number of rotatable bonds is 4. The van der Waals surface area contributed by atoms with E-state index in [9.17, 15) is 20.2 Å². The van der Waals surface area contributed by atoms with Gasteiger partial charge in [-0.25, -0.2) is 0 Å². The molecule has 0 unspecified atom stereocenters. The summed E-state index contributed by atoms with van der Waals surface area (Å²) < 4.78 is 0. The minimum atomic E-state index is -0.561. The summed E-state index contributed by atoms with van der Waals surface area (Å²) >= 11 is 0. The number of nitro groups is 1. The molecule has 0 aromatic heterocycles. The Morgan fingerprint density at radius 1 is 1.12 bits per heavy atom. The molecule has 0 fully saturated rings. The fraction of sp³-hybridized carbons (Fsp3) is 0.308. The van der Waals surface area contributed by atoms with Gasteiger partial charge in [-0.05, 0) is 41.7 Å². The normalized spacial score (nSPS) is 19.6. The molecule has 1 atom stereocenters. The average Bonchev–Trinajstić information content (AvgIpc) is 2.77. The van der Waals surface area contributed by atoms with Gasteiger partial charge in [0.2, 0.25) is 0 Å². The summed E-state index contributed by atoms with van der Waals surface area (Å²) in [7, 11) is 3.90. The van der Waals surface area contributed by atoms with Gasteiger partial charge in [0.1, 0.15) is 5.82 Å². The van der Waals surface area contributed by atoms with Crippen molar-refractivity contribution in [2.24, 2.45) is 11.1 Å². The second kappa shape index (κ2) is 8.34. The number of Topliss-reactive ketones (excluding diaryl/α,β-unsaturated/α-hetero) is 1. The predicted octanol–water partition coefficient (Wildman–Crippen LogP) is 4.60. The lowest BCUT2D eigenvalue weighted by molar-refractivity contribution is -0.384. The van der Waals surface area contributed by atoms with Gasteiger partial charge >= 0.3 is 0 Å². The number of hydrogen-bond acceptors (Lipinski definition) is 7. The van der Waals surface area contributed by atoms with Gasteiger partial charge < -0.3 is 10.6 Å². The summed E-state index contributed by atoms with van der Waals surface area (Å²) in [4.78, 5) is 27.9. The molecule has 2 aliphatic rings. The Labute approximate surface area is 198 Å². The molecule has 2 N–H and O–H groups in total. The largest absolute Gasteiger partial charge is 0.384 e. The molecule has 0 radical (unpaired) electrons. The van der Waals surface area contributed by atoms with Gasteiger partial charge in [0, 0.05) is 55.3 Å². The van der Waals surface area contributed by atoms with Crippen LogP contribution in [0.15, 0.2) is 71.2 Å². The van der Waals surface area contributed by atoms with E-state index < -0.39 is 10.8 Å². The molecule has 0 saturated carbocycles. The van der Waals surface area contributed by atoms with E-state index in [1.165, 1.54) is 12.1 Å². The highest BCUT2D eigenvalue weighted by atomic mass is 16.6. The van der Waals surface area contributed by atoms with Crippen molar-refractivity contribution in [3.8, 4) is 6.07 Å². The number of nitrogens with two attached hydrogens (primary N) is 1. The van der Waals surface area contributed by atoms with Crippen LogP contribution in [0, 0.1) is 26.9 Å². The Balaban J connectivity index is 1.93. The van der Waals surface area contributed by atoms with Gasteiger partial charge in [-0.1, -0.05) is 26.0 Å². The number of nitriles is 1. The van der Waals surface area contributed by atoms with Crippen LogP contribution in [-0.2, 0) is 4.79 Å². The van der Waals surface area contributed by atoms with Crippen molar-refractivity contribution >= 4 is 22.8 Å². The summed E-state index contributed by atoms with van der Waals surface area (Å²) in [5.74, 6) is -0.337. The zero-order valence-corrected chi connectivity index (χ0v) is 19.7. The fourth-order valence-electron chi connectivity index (χ4n) is 4.83. The Kier molecular flexibility index (Phi) is 5.65. The van der Waals surface area contributed by atoms with E-state index in [1.54, 1.807) is 17.0 Å². The van der Waals surface area contributed by atoms with Crippen LogP contribution in [0.3, 0.4) is 0 Å². The van der Waals surface area contributed by atoms with Crippen LogP contribution in [0.25, 0.3) is 0 Å². The monoisotopic (exact) mass is 457 g/mol. The lowest BCUT2D eigenvalue weighted by Crippen LogP contribution is -2.42. The molecule has 1 aliphatic heterocycles. The van der Waals surface area contributed by atoms with Crippen LogP contribution < -0.4 is 15.5 Å². The molecule has 34 heavy (non-hydrogen) atoms. The number of carbonyl (C=O) groups excluding carboxylic acids is 1. The Hall–Kier alpha value is -4.12. The summed E-state index contributed by atoms with van der Waals surface area (Å²) in [5.41, 5.74) is 10.3. The van der Waals surface area contributed by atoms with Crippen molar-refractivity contribution in [1.29, 1.82) is 5.26 Å². The highest BCUT2D eigenvalue weighted by Crippen LogP contribution is 2.50. The number of non-ortho nitro benzene ring substituents is 1. The molecule has 1 aliphatic carbocycles. The first-order chi connectivity index (χ1) is 16.0. The standard InChI is InChI=1S/C26H27N5O3/c1-26(2)13-21-24(22(32)14-26)23(16-5-7-17(8-6-16)29(3)4)20(15-27)25(28)30(21)18-9-11-19(12-10-18)31(33)34/h5-12,23H,13-14,28H2,1-4H3/t23-/m0/s1. The minimum absolute atomic E-state index is 0.0138. The number of anilines is 2. The first-order valence-corrected chi connectivity index (χ1v) is 11.0. The lowest BCUT2D eigenvalue weighted by Gasteiger charge is -2.43. The molecule has 8 heteroatoms. The molecule has 1 heterocycles. The molecular weight excluding hydrogens is 430 g/mol. The van der Waals surface area contributed by atoms with E-state index >= 15 is 0 Å². The maximum absolute atomic E-state index is 13.5. The topological polar surface area (TPSA) is 116 Å². The SMILES string of the molecule is CN(C)c1ccc([C@H]2C(C#N)=C(N)N(c3ccc([N+](=O)[O-])cc3)C3=C2C(=O)CC(C)(C)C3)cc1. The van der Waals surface area contributed by atoms with Crippen molar-refractivity contribution in [2.75, 3.05) is 23.9 Å². The van der Waals surface area contributed by atoms with E-state index in [4.69, 9.17) is 5.73 Å². The zero-order valence-electron chi connectivity index (χ0n) is 19.7. The van der Waals surface area contributed by atoms with Gasteiger partial charge in [-0.15, -0.1) is 0 Å². The van der Waals surface area contributed by atoms with E-state index in [0.29, 0.717) is 29.7 Å². The van der Waals surface area contributed by atoms with Crippen molar-refractivity contribution in [1.82, 2.24) is 0 Å². The zero-order chi connectivity index (χ0) is 24.8. The van der Waals surface area contributed by atoms with Crippen LogP contribution in [0.5, 0.6) is 0 Å². The summed E-state index contributed by atoms with van der Waals surface area (Å²) in [6.07, 6.45) is 0.946. The van der Waals surface area contributed by atoms with Crippen LogP contribution in [0.1, 0.15) is 38.2 Å². The Morgan fingerprint density at radius 3 is 2.26 bits per heavy atom. The average molecular weight is 458 g/mol. The number of hydrogen-bond donors (Lipinski definition) is 1. The van der Waals surface area contributed by atoms with E-state index in [1.807, 2.05) is 57.1 Å². The first-order valence-electron chi connectivity index (χ1n) is 11.0. The van der Waals surface area contributed by atoms with Crippen LogP contribution in [0.2, 0.25) is 0 Å². The van der Waals surface area contributed by atoms with Crippen LogP contribution in [-0.4, -0.2) is 24.8 Å². The first kappa shape index (κ1) is 23.1. The number of nitrogens with zero attached hydrogens (tertiary/aromatic N) is 4. The van der Waals surface area contributed by atoms with Crippen molar-refractivity contribution in [3.63, 3.8) is 0 Å². The van der Waals surface area contributed by atoms with Crippen LogP contribution in [0.4, 0.5) is 17.1 Å². The second-order valence-electron chi connectivity index (χ2n) is 9.74. The Bertz CT molecular complexity index is 1270. The number of nitro benzene ring substituents is 1. The van der Waals surface area contributed by atoms with Crippen LogP contribution >= 0.6 is 0 Å². The van der Waals surface area contributed by atoms with Gasteiger partial charge in [-0.2, -0.15) is 5.26 Å². The summed E-state index contributed by atoms with van der Waals surface area (Å²) in [5, 5.41) is 21.3. The number of ketones is 1. The second-order valence-corrected chi connectivity index (χ2v) is 9.74. The quantitative estimate of drug-likeness (QED) is 0.527. The molecule has 4 rings (SSSR count). The lowest BCUT2D eigenvalue weighted by atomic mass is 9.68. The number of carbonyl (C=O) groups is 1. The highest BCUT2D eigenvalue weighted by molar-refractivity contribution is 6.01. The molecule has 0 amide bonds. The van der Waals surface area contributed by atoms with Crippen molar-refractivity contribution in [2.45, 2.75) is 32.6 Å². The maximum Gasteiger partial charge on any atom is 0.269 e. The number of benzene rings is 2. The highest BCUT2D eigenvalue weighted by Gasteiger charge is 2.44. The molecular formula is C26H27N5O3. The maximum atomic E-state index is 13.5. The third-order valence-corrected chi connectivity index (χ3v) is 6.44. The van der Waals surface area contributed by atoms with Gasteiger partial charge in [0.05, 0.1) is 22.5 Å². The van der Waals surface area contributed by atoms with Crippen molar-refractivity contribution in [3.05, 3.63) is 86.9 Å². The minimum Gasteiger partial charge on any atom is -0.384 e. The fourth-order valence-corrected chi connectivity index (χ4v) is 4.83. The summed E-state index contributed by atoms with van der Waals surface area (Å²) in [6.45, 7) is 4.06. The van der Waals surface area contributed by atoms with E-state index in [-0.39, 0.29) is 22.7 Å². The smallest absolute Gasteiger partial charge is 0.269 e. The Morgan fingerprint density at radius 2 is 1.74 bits per heavy atom. The number of allylic oxidation sites excluding steroid dienone is 3. The molecule has 0 bridgehead atoms. The third kappa shape index (κ3) is 3.90.